The maximum atomic E-state index is 13.3. The fourth-order valence-corrected chi connectivity index (χ4v) is 5.97. The van der Waals surface area contributed by atoms with Gasteiger partial charge in [-0.3, -0.25) is 9.59 Å². The number of ether oxygens (including phenoxy) is 2. The zero-order valence-corrected chi connectivity index (χ0v) is 20.7. The molecule has 2 N–H and O–H groups in total. The van der Waals surface area contributed by atoms with Gasteiger partial charge in [-0.2, -0.15) is 0 Å². The summed E-state index contributed by atoms with van der Waals surface area (Å²) in [7, 11) is 1.34. The van der Waals surface area contributed by atoms with Crippen molar-refractivity contribution >= 4 is 17.8 Å². The van der Waals surface area contributed by atoms with Gasteiger partial charge in [0.1, 0.15) is 0 Å². The van der Waals surface area contributed by atoms with E-state index >= 15 is 0 Å². The lowest BCUT2D eigenvalue weighted by Gasteiger charge is -2.50. The maximum absolute atomic E-state index is 13.3. The van der Waals surface area contributed by atoms with E-state index in [0.29, 0.717) is 38.7 Å². The molecule has 2 saturated carbocycles. The van der Waals surface area contributed by atoms with Gasteiger partial charge in [-0.25, -0.2) is 4.79 Å². The van der Waals surface area contributed by atoms with Gasteiger partial charge < -0.3 is 25.0 Å². The zero-order valence-electron chi connectivity index (χ0n) is 20.7. The number of nitrogens with one attached hydrogen (secondary N) is 2. The van der Waals surface area contributed by atoms with Crippen molar-refractivity contribution in [2.24, 2.45) is 28.6 Å². The Morgan fingerprint density at radius 2 is 1.79 bits per heavy atom. The number of nitrogens with zero attached hydrogens (tertiary/aromatic N) is 1. The highest BCUT2D eigenvalue weighted by atomic mass is 16.5. The Bertz CT molecular complexity index is 757. The number of rotatable bonds is 8. The van der Waals surface area contributed by atoms with Crippen molar-refractivity contribution in [1.29, 1.82) is 0 Å². The Labute approximate surface area is 197 Å². The SMILES string of the molecule is COC(=O)C(NC(=O)[C@@H]1CNCC12CN(C(=O)[C@H]1CC1(C)C)C2)C(C)OCC1CCCCC1. The fourth-order valence-electron chi connectivity index (χ4n) is 5.97. The van der Waals surface area contributed by atoms with Crippen molar-refractivity contribution in [3.8, 4) is 0 Å². The summed E-state index contributed by atoms with van der Waals surface area (Å²) < 4.78 is 11.0. The minimum absolute atomic E-state index is 0.103. The van der Waals surface area contributed by atoms with E-state index in [1.54, 1.807) is 0 Å². The van der Waals surface area contributed by atoms with Crippen LogP contribution >= 0.6 is 0 Å². The molecule has 0 bridgehead atoms. The van der Waals surface area contributed by atoms with Crippen LogP contribution in [-0.4, -0.2) is 74.7 Å². The number of methoxy groups -OCH3 is 1. The second kappa shape index (κ2) is 9.53. The average molecular weight is 464 g/mol. The second-order valence-electron chi connectivity index (χ2n) is 11.5. The quantitative estimate of drug-likeness (QED) is 0.532. The summed E-state index contributed by atoms with van der Waals surface area (Å²) in [6, 6.07) is -0.839. The first-order valence-electron chi connectivity index (χ1n) is 12.7. The Kier molecular flexibility index (Phi) is 7.06. The Hall–Kier alpha value is -1.67. The van der Waals surface area contributed by atoms with Gasteiger partial charge in [0, 0.05) is 44.1 Å². The van der Waals surface area contributed by atoms with Crippen molar-refractivity contribution in [3.05, 3.63) is 0 Å². The molecule has 8 heteroatoms. The topological polar surface area (TPSA) is 97.0 Å². The molecule has 2 aliphatic carbocycles. The predicted molar refractivity (Wildman–Crippen MR) is 123 cm³/mol. The third-order valence-corrected chi connectivity index (χ3v) is 8.56. The van der Waals surface area contributed by atoms with Gasteiger partial charge in [-0.1, -0.05) is 33.1 Å². The van der Waals surface area contributed by atoms with Crippen molar-refractivity contribution in [2.45, 2.75) is 71.4 Å². The summed E-state index contributed by atoms with van der Waals surface area (Å²) in [6.07, 6.45) is 6.53. The molecule has 4 aliphatic rings. The van der Waals surface area contributed by atoms with Gasteiger partial charge >= 0.3 is 5.97 Å². The molecule has 0 aromatic heterocycles. The number of esters is 1. The van der Waals surface area contributed by atoms with E-state index in [1.165, 1.54) is 26.4 Å². The molecule has 4 fully saturated rings. The molecule has 4 rings (SSSR count). The first kappa shape index (κ1) is 24.5. The molecule has 2 unspecified atom stereocenters. The van der Waals surface area contributed by atoms with Crippen LogP contribution in [0, 0.1) is 28.6 Å². The molecule has 0 radical (unpaired) electrons. The van der Waals surface area contributed by atoms with Crippen molar-refractivity contribution in [1.82, 2.24) is 15.5 Å². The Balaban J connectivity index is 1.33. The lowest BCUT2D eigenvalue weighted by molar-refractivity contribution is -0.154. The third-order valence-electron chi connectivity index (χ3n) is 8.56. The average Bonchev–Trinajstić information content (AvgIpc) is 3.20. The third kappa shape index (κ3) is 5.06. The highest BCUT2D eigenvalue weighted by molar-refractivity contribution is 5.88. The van der Waals surface area contributed by atoms with E-state index in [9.17, 15) is 14.4 Å². The van der Waals surface area contributed by atoms with Gasteiger partial charge in [-0.15, -0.1) is 0 Å². The second-order valence-corrected chi connectivity index (χ2v) is 11.5. The van der Waals surface area contributed by atoms with Gasteiger partial charge in [0.25, 0.3) is 0 Å². The molecule has 2 saturated heterocycles. The van der Waals surface area contributed by atoms with Gasteiger partial charge in [-0.05, 0) is 37.5 Å². The number of hydrogen-bond donors (Lipinski definition) is 2. The summed E-state index contributed by atoms with van der Waals surface area (Å²) in [5, 5.41) is 6.27. The highest BCUT2D eigenvalue weighted by Crippen LogP contribution is 2.54. The fraction of sp³-hybridized carbons (Fsp3) is 0.880. The highest BCUT2D eigenvalue weighted by Gasteiger charge is 2.60. The van der Waals surface area contributed by atoms with Crippen LogP contribution in [0.3, 0.4) is 0 Å². The summed E-state index contributed by atoms with van der Waals surface area (Å²) in [4.78, 5) is 40.4. The molecule has 2 amide bonds. The monoisotopic (exact) mass is 463 g/mol. The Morgan fingerprint density at radius 1 is 1.12 bits per heavy atom. The zero-order chi connectivity index (χ0) is 23.8. The lowest BCUT2D eigenvalue weighted by Crippen LogP contribution is -2.65. The van der Waals surface area contributed by atoms with Crippen LogP contribution in [0.1, 0.15) is 59.3 Å². The summed E-state index contributed by atoms with van der Waals surface area (Å²) >= 11 is 0. The maximum Gasteiger partial charge on any atom is 0.331 e. The normalized spacial score (nSPS) is 29.8. The standard InChI is InChI=1S/C25H41N3O5/c1-16(33-12-17-8-6-5-7-9-17)20(23(31)32-4)27-21(29)19-11-26-13-25(19)14-28(15-25)22(30)18-10-24(18,2)3/h16-20,26H,5-15H2,1-4H3,(H,27,29)/t16?,18-,19+,20?/m1/s1. The molecule has 2 aliphatic heterocycles. The number of likely N-dealkylation sites (tertiary alicyclic amines) is 1. The molecule has 0 aromatic rings. The predicted octanol–water partition coefficient (Wildman–Crippen LogP) is 1.72. The molecule has 1 spiro atoms. The van der Waals surface area contributed by atoms with Crippen LogP contribution in [0.25, 0.3) is 0 Å². The lowest BCUT2D eigenvalue weighted by atomic mass is 9.70. The smallest absolute Gasteiger partial charge is 0.331 e. The number of carbonyl (C=O) groups is 3. The van der Waals surface area contributed by atoms with Crippen LogP contribution in [0.2, 0.25) is 0 Å². The molecular formula is C25H41N3O5. The van der Waals surface area contributed by atoms with Crippen LogP contribution < -0.4 is 10.6 Å². The van der Waals surface area contributed by atoms with Gasteiger partial charge in [0.15, 0.2) is 6.04 Å². The summed E-state index contributed by atoms with van der Waals surface area (Å²) in [5.74, 6) is -0.0848. The molecule has 0 aromatic carbocycles. The molecule has 33 heavy (non-hydrogen) atoms. The molecule has 8 nitrogen and oxygen atoms in total. The van der Waals surface area contributed by atoms with Crippen molar-refractivity contribution in [3.63, 3.8) is 0 Å². The van der Waals surface area contributed by atoms with E-state index in [0.717, 1.165) is 19.3 Å². The number of carbonyl (C=O) groups excluding carboxylic acids is 3. The number of hydrogen-bond acceptors (Lipinski definition) is 6. The summed E-state index contributed by atoms with van der Waals surface area (Å²) in [5.41, 5.74) is -0.155. The van der Waals surface area contributed by atoms with Crippen LogP contribution in [0.5, 0.6) is 0 Å². The first-order valence-corrected chi connectivity index (χ1v) is 12.7. The largest absolute Gasteiger partial charge is 0.467 e. The van der Waals surface area contributed by atoms with E-state index in [4.69, 9.17) is 9.47 Å². The molecular weight excluding hydrogens is 422 g/mol. The van der Waals surface area contributed by atoms with E-state index in [-0.39, 0.29) is 34.5 Å². The van der Waals surface area contributed by atoms with E-state index in [1.807, 2.05) is 11.8 Å². The first-order chi connectivity index (χ1) is 15.7. The van der Waals surface area contributed by atoms with Crippen LogP contribution in [-0.2, 0) is 23.9 Å². The Morgan fingerprint density at radius 3 is 2.39 bits per heavy atom. The minimum atomic E-state index is -0.839. The van der Waals surface area contributed by atoms with Crippen LogP contribution in [0.15, 0.2) is 0 Å². The molecule has 186 valence electrons. The minimum Gasteiger partial charge on any atom is -0.467 e. The summed E-state index contributed by atoms with van der Waals surface area (Å²) in [6.45, 7) is 9.14. The van der Waals surface area contributed by atoms with Crippen molar-refractivity contribution in [2.75, 3.05) is 39.9 Å². The molecule has 2 heterocycles. The van der Waals surface area contributed by atoms with E-state index < -0.39 is 18.1 Å². The van der Waals surface area contributed by atoms with Crippen LogP contribution in [0.4, 0.5) is 0 Å². The van der Waals surface area contributed by atoms with Gasteiger partial charge in [0.2, 0.25) is 11.8 Å². The van der Waals surface area contributed by atoms with Crippen molar-refractivity contribution < 1.29 is 23.9 Å². The molecule has 4 atom stereocenters. The van der Waals surface area contributed by atoms with E-state index in [2.05, 4.69) is 24.5 Å². The van der Waals surface area contributed by atoms with Gasteiger partial charge in [0.05, 0.1) is 19.1 Å². The number of amides is 2.